The number of hydrogen-bond donors (Lipinski definition) is 2. The topological polar surface area (TPSA) is 39.3 Å². The van der Waals surface area contributed by atoms with Gasteiger partial charge in [-0.2, -0.15) is 0 Å². The van der Waals surface area contributed by atoms with Crippen LogP contribution >= 0.6 is 0 Å². The van der Waals surface area contributed by atoms with Crippen LogP contribution in [0.25, 0.3) is 10.9 Å². The summed E-state index contributed by atoms with van der Waals surface area (Å²) in [5.74, 6) is 0.406. The molecule has 0 amide bonds. The standard InChI is InChI=1S/C13H16N2O/c1-15-6-5-9(8-15)10-7-14-11-3-2-4-12(16)13(10)11/h2-4,7,9,14,16H,5-6,8H2,1H3/i1D3. The fraction of sp³-hybridized carbons (Fsp3) is 0.385. The minimum Gasteiger partial charge on any atom is -0.507 e. The molecule has 0 bridgehead atoms. The number of hydrogen-bond acceptors (Lipinski definition) is 2. The van der Waals surface area contributed by atoms with Crippen LogP contribution in [0.3, 0.4) is 0 Å². The third-order valence-electron chi connectivity index (χ3n) is 3.34. The molecule has 1 unspecified atom stereocenters. The maximum Gasteiger partial charge on any atom is 0.125 e. The Bertz CT molecular complexity index is 605. The third kappa shape index (κ3) is 1.39. The van der Waals surface area contributed by atoms with Crippen LogP contribution in [0, 0.1) is 0 Å². The number of benzene rings is 1. The molecule has 1 aromatic heterocycles. The van der Waals surface area contributed by atoms with Crippen molar-refractivity contribution < 1.29 is 9.22 Å². The van der Waals surface area contributed by atoms with Gasteiger partial charge in [-0.3, -0.25) is 0 Å². The maximum absolute atomic E-state index is 9.98. The summed E-state index contributed by atoms with van der Waals surface area (Å²) in [4.78, 5) is 4.66. The van der Waals surface area contributed by atoms with Crippen LogP contribution in [0.5, 0.6) is 5.75 Å². The van der Waals surface area contributed by atoms with E-state index in [2.05, 4.69) is 4.98 Å². The largest absolute Gasteiger partial charge is 0.507 e. The van der Waals surface area contributed by atoms with E-state index in [9.17, 15) is 5.11 Å². The second-order valence-corrected chi connectivity index (χ2v) is 4.38. The van der Waals surface area contributed by atoms with Crippen molar-refractivity contribution in [1.29, 1.82) is 0 Å². The van der Waals surface area contributed by atoms with Crippen molar-refractivity contribution >= 4 is 10.9 Å². The van der Waals surface area contributed by atoms with Crippen LogP contribution in [-0.2, 0) is 0 Å². The van der Waals surface area contributed by atoms with Crippen molar-refractivity contribution in [3.05, 3.63) is 30.0 Å². The number of aromatic nitrogens is 1. The minimum absolute atomic E-state index is 0.155. The van der Waals surface area contributed by atoms with Crippen molar-refractivity contribution in [2.75, 3.05) is 20.1 Å². The normalized spacial score (nSPS) is 25.5. The van der Waals surface area contributed by atoms with E-state index in [0.717, 1.165) is 22.9 Å². The molecule has 0 spiro atoms. The molecule has 1 fully saturated rings. The fourth-order valence-electron chi connectivity index (χ4n) is 2.53. The number of likely N-dealkylation sites (N-methyl/N-ethyl adjacent to an activating group) is 1. The summed E-state index contributed by atoms with van der Waals surface area (Å²) >= 11 is 0. The second-order valence-electron chi connectivity index (χ2n) is 4.38. The molecule has 0 saturated carbocycles. The summed E-state index contributed by atoms with van der Waals surface area (Å²) in [6.07, 6.45) is 2.69. The van der Waals surface area contributed by atoms with Crippen LogP contribution in [0.4, 0.5) is 0 Å². The van der Waals surface area contributed by atoms with Crippen molar-refractivity contribution in [2.24, 2.45) is 0 Å². The number of nitrogens with zero attached hydrogens (tertiary/aromatic N) is 1. The first-order valence-corrected chi connectivity index (χ1v) is 5.51. The number of nitrogens with one attached hydrogen (secondary N) is 1. The highest BCUT2D eigenvalue weighted by Gasteiger charge is 2.24. The van der Waals surface area contributed by atoms with E-state index in [4.69, 9.17) is 4.11 Å². The molecule has 1 aromatic carbocycles. The zero-order valence-corrected chi connectivity index (χ0v) is 8.90. The molecule has 0 aliphatic carbocycles. The molecular formula is C13H16N2O. The van der Waals surface area contributed by atoms with Gasteiger partial charge < -0.3 is 15.0 Å². The van der Waals surface area contributed by atoms with Gasteiger partial charge in [0.25, 0.3) is 0 Å². The smallest absolute Gasteiger partial charge is 0.125 e. The minimum atomic E-state index is -2.02. The van der Waals surface area contributed by atoms with Crippen LogP contribution < -0.4 is 0 Å². The van der Waals surface area contributed by atoms with E-state index in [1.54, 1.807) is 12.1 Å². The van der Waals surface area contributed by atoms with Gasteiger partial charge in [-0.25, -0.2) is 0 Å². The van der Waals surface area contributed by atoms with Gasteiger partial charge in [0.05, 0.1) is 0 Å². The molecule has 3 rings (SSSR count). The molecule has 3 heteroatoms. The van der Waals surface area contributed by atoms with Gasteiger partial charge >= 0.3 is 0 Å². The zero-order chi connectivity index (χ0) is 13.6. The SMILES string of the molecule is [2H]C([2H])([2H])N1CCC(c2c[nH]c3cccc(O)c23)C1. The van der Waals surface area contributed by atoms with Crippen LogP contribution in [0.1, 0.15) is 22.0 Å². The number of H-pyrrole nitrogens is 1. The Labute approximate surface area is 98.9 Å². The summed E-state index contributed by atoms with van der Waals surface area (Å²) in [6, 6.07) is 5.37. The monoisotopic (exact) mass is 219 g/mol. The van der Waals surface area contributed by atoms with E-state index < -0.39 is 6.98 Å². The highest BCUT2D eigenvalue weighted by Crippen LogP contribution is 2.36. The molecule has 1 aliphatic heterocycles. The first-order chi connectivity index (χ1) is 8.97. The van der Waals surface area contributed by atoms with E-state index >= 15 is 0 Å². The Morgan fingerprint density at radius 2 is 2.50 bits per heavy atom. The first-order valence-electron chi connectivity index (χ1n) is 7.01. The van der Waals surface area contributed by atoms with Crippen molar-refractivity contribution in [3.63, 3.8) is 0 Å². The highest BCUT2D eigenvalue weighted by atomic mass is 16.3. The third-order valence-corrected chi connectivity index (χ3v) is 3.34. The van der Waals surface area contributed by atoms with Gasteiger partial charge in [0.15, 0.2) is 0 Å². The van der Waals surface area contributed by atoms with Crippen molar-refractivity contribution in [3.8, 4) is 5.75 Å². The van der Waals surface area contributed by atoms with Gasteiger partial charge in [0, 0.05) is 33.7 Å². The molecule has 2 heterocycles. The lowest BCUT2D eigenvalue weighted by molar-refractivity contribution is 0.411. The molecule has 1 atom stereocenters. The predicted octanol–water partition coefficient (Wildman–Crippen LogP) is 2.29. The number of fused-ring (bicyclic) bond motifs is 1. The Morgan fingerprint density at radius 1 is 1.56 bits per heavy atom. The Kier molecular flexibility index (Phi) is 1.53. The summed E-state index contributed by atoms with van der Waals surface area (Å²) in [7, 11) is 0. The summed E-state index contributed by atoms with van der Waals surface area (Å²) < 4.78 is 22.4. The number of phenolic OH excluding ortho intramolecular Hbond substituents is 1. The Balaban J connectivity index is 1.94. The van der Waals surface area contributed by atoms with Gasteiger partial charge in [-0.05, 0) is 37.6 Å². The molecule has 0 radical (unpaired) electrons. The Morgan fingerprint density at radius 3 is 3.31 bits per heavy atom. The zero-order valence-electron chi connectivity index (χ0n) is 11.9. The van der Waals surface area contributed by atoms with E-state index in [1.807, 2.05) is 12.3 Å². The lowest BCUT2D eigenvalue weighted by Gasteiger charge is -2.09. The molecule has 1 saturated heterocycles. The number of likely N-dealkylation sites (tertiary alicyclic amines) is 1. The average molecular weight is 219 g/mol. The van der Waals surface area contributed by atoms with Crippen LogP contribution in [-0.4, -0.2) is 35.1 Å². The van der Waals surface area contributed by atoms with E-state index in [0.29, 0.717) is 13.1 Å². The van der Waals surface area contributed by atoms with Gasteiger partial charge in [0.2, 0.25) is 0 Å². The van der Waals surface area contributed by atoms with Crippen LogP contribution in [0.15, 0.2) is 24.4 Å². The highest BCUT2D eigenvalue weighted by molar-refractivity contribution is 5.89. The number of aromatic hydroxyl groups is 1. The van der Waals surface area contributed by atoms with E-state index in [1.165, 1.54) is 4.90 Å². The quantitative estimate of drug-likeness (QED) is 0.772. The molecule has 3 nitrogen and oxygen atoms in total. The predicted molar refractivity (Wildman–Crippen MR) is 64.8 cm³/mol. The maximum atomic E-state index is 9.98. The van der Waals surface area contributed by atoms with Gasteiger partial charge in [0.1, 0.15) is 5.75 Å². The Hall–Kier alpha value is -1.48. The molecule has 2 N–H and O–H groups in total. The van der Waals surface area contributed by atoms with Crippen LogP contribution in [0.2, 0.25) is 0 Å². The number of aromatic amines is 1. The first kappa shape index (κ1) is 6.97. The van der Waals surface area contributed by atoms with Gasteiger partial charge in [-0.15, -0.1) is 0 Å². The molecule has 16 heavy (non-hydrogen) atoms. The van der Waals surface area contributed by atoms with Gasteiger partial charge in [-0.1, -0.05) is 6.07 Å². The molecule has 84 valence electrons. The number of rotatable bonds is 1. The summed E-state index contributed by atoms with van der Waals surface area (Å²) in [6.45, 7) is -0.942. The summed E-state index contributed by atoms with van der Waals surface area (Å²) in [5.41, 5.74) is 1.90. The van der Waals surface area contributed by atoms with E-state index in [-0.39, 0.29) is 11.7 Å². The second kappa shape index (κ2) is 3.52. The van der Waals surface area contributed by atoms with Crippen molar-refractivity contribution in [2.45, 2.75) is 12.3 Å². The molecule has 2 aromatic rings. The molecule has 1 aliphatic rings. The number of phenols is 1. The fourth-order valence-corrected chi connectivity index (χ4v) is 2.53. The van der Waals surface area contributed by atoms with Crippen molar-refractivity contribution in [1.82, 2.24) is 9.88 Å². The summed E-state index contributed by atoms with van der Waals surface area (Å²) in [5, 5.41) is 10.8. The lowest BCUT2D eigenvalue weighted by atomic mass is 9.97. The lowest BCUT2D eigenvalue weighted by Crippen LogP contribution is -2.13. The molecular weight excluding hydrogens is 200 g/mol. The average Bonchev–Trinajstić information content (AvgIpc) is 2.93.